The van der Waals surface area contributed by atoms with Gasteiger partial charge >= 0.3 is 0 Å². The number of rotatable bonds is 2. The summed E-state index contributed by atoms with van der Waals surface area (Å²) in [5.41, 5.74) is 2.38. The van der Waals surface area contributed by atoms with Gasteiger partial charge < -0.3 is 5.32 Å². The van der Waals surface area contributed by atoms with Crippen LogP contribution in [-0.4, -0.2) is 13.1 Å². The lowest BCUT2D eigenvalue weighted by Gasteiger charge is -2.23. The van der Waals surface area contributed by atoms with E-state index in [0.29, 0.717) is 0 Å². The van der Waals surface area contributed by atoms with Crippen molar-refractivity contribution in [1.82, 2.24) is 5.32 Å². The van der Waals surface area contributed by atoms with Gasteiger partial charge in [0.25, 0.3) is 0 Å². The molecule has 1 saturated heterocycles. The second-order valence-electron chi connectivity index (χ2n) is 4.49. The molecule has 1 unspecified atom stereocenters. The molecule has 1 aliphatic rings. The number of hydrogen-bond donors (Lipinski definition) is 1. The van der Waals surface area contributed by atoms with E-state index < -0.39 is 0 Å². The lowest BCUT2D eigenvalue weighted by Crippen LogP contribution is -2.30. The molecule has 1 fully saturated rings. The maximum atomic E-state index is 12.9. The molecule has 15 heavy (non-hydrogen) atoms. The number of benzene rings is 1. The second kappa shape index (κ2) is 4.75. The Bertz CT molecular complexity index is 329. The summed E-state index contributed by atoms with van der Waals surface area (Å²) in [5, 5.41) is 3.41. The van der Waals surface area contributed by atoms with E-state index in [1.165, 1.54) is 18.4 Å². The van der Waals surface area contributed by atoms with Gasteiger partial charge in [-0.25, -0.2) is 4.39 Å². The van der Waals surface area contributed by atoms with Crippen LogP contribution in [0.5, 0.6) is 0 Å². The molecular weight excluding hydrogens is 189 g/mol. The highest BCUT2D eigenvalue weighted by atomic mass is 19.1. The van der Waals surface area contributed by atoms with Gasteiger partial charge in [-0.05, 0) is 68.5 Å². The SMILES string of the molecule is Cc1cc(F)ccc1CC1CCCNC1. The van der Waals surface area contributed by atoms with Crippen LogP contribution in [0, 0.1) is 18.7 Å². The van der Waals surface area contributed by atoms with E-state index in [1.807, 2.05) is 13.0 Å². The van der Waals surface area contributed by atoms with Crippen LogP contribution in [-0.2, 0) is 6.42 Å². The van der Waals surface area contributed by atoms with E-state index in [4.69, 9.17) is 0 Å². The van der Waals surface area contributed by atoms with E-state index in [2.05, 4.69) is 5.32 Å². The first kappa shape index (κ1) is 10.6. The zero-order chi connectivity index (χ0) is 10.7. The summed E-state index contributed by atoms with van der Waals surface area (Å²) in [6.45, 7) is 4.25. The fourth-order valence-electron chi connectivity index (χ4n) is 2.30. The molecule has 1 N–H and O–H groups in total. The molecule has 0 amide bonds. The third kappa shape index (κ3) is 2.78. The first-order valence-electron chi connectivity index (χ1n) is 5.71. The first-order valence-corrected chi connectivity index (χ1v) is 5.71. The minimum atomic E-state index is -0.127. The van der Waals surface area contributed by atoms with Gasteiger partial charge in [-0.2, -0.15) is 0 Å². The Morgan fingerprint density at radius 1 is 1.47 bits per heavy atom. The number of aryl methyl sites for hydroxylation is 1. The van der Waals surface area contributed by atoms with Gasteiger partial charge in [0.05, 0.1) is 0 Å². The number of halogens is 1. The fourth-order valence-corrected chi connectivity index (χ4v) is 2.30. The monoisotopic (exact) mass is 207 g/mol. The van der Waals surface area contributed by atoms with E-state index in [-0.39, 0.29) is 5.82 Å². The van der Waals surface area contributed by atoms with Gasteiger partial charge in [-0.15, -0.1) is 0 Å². The van der Waals surface area contributed by atoms with Crippen LogP contribution in [0.3, 0.4) is 0 Å². The molecule has 1 aromatic carbocycles. The highest BCUT2D eigenvalue weighted by molar-refractivity contribution is 5.27. The number of nitrogens with one attached hydrogen (secondary N) is 1. The molecule has 1 atom stereocenters. The molecule has 1 nitrogen and oxygen atoms in total. The minimum Gasteiger partial charge on any atom is -0.316 e. The molecule has 0 aliphatic carbocycles. The van der Waals surface area contributed by atoms with Crippen LogP contribution in [0.4, 0.5) is 4.39 Å². The summed E-state index contributed by atoms with van der Waals surface area (Å²) in [7, 11) is 0. The minimum absolute atomic E-state index is 0.127. The molecule has 0 spiro atoms. The summed E-state index contributed by atoms with van der Waals surface area (Å²) in [4.78, 5) is 0. The van der Waals surface area contributed by atoms with E-state index >= 15 is 0 Å². The smallest absolute Gasteiger partial charge is 0.123 e. The molecular formula is C13H18FN. The molecule has 82 valence electrons. The van der Waals surface area contributed by atoms with Crippen molar-refractivity contribution in [3.8, 4) is 0 Å². The van der Waals surface area contributed by atoms with Gasteiger partial charge in [0.1, 0.15) is 5.82 Å². The van der Waals surface area contributed by atoms with Crippen LogP contribution < -0.4 is 5.32 Å². The maximum absolute atomic E-state index is 12.9. The molecule has 1 aliphatic heterocycles. The van der Waals surface area contributed by atoms with Gasteiger partial charge in [0.2, 0.25) is 0 Å². The average molecular weight is 207 g/mol. The Labute approximate surface area is 90.7 Å². The first-order chi connectivity index (χ1) is 7.25. The molecule has 0 saturated carbocycles. The van der Waals surface area contributed by atoms with Crippen molar-refractivity contribution in [2.24, 2.45) is 5.92 Å². The topological polar surface area (TPSA) is 12.0 Å². The van der Waals surface area contributed by atoms with Crippen molar-refractivity contribution in [2.45, 2.75) is 26.2 Å². The summed E-state index contributed by atoms with van der Waals surface area (Å²) in [6.07, 6.45) is 3.65. The van der Waals surface area contributed by atoms with Crippen molar-refractivity contribution in [3.05, 3.63) is 35.1 Å². The van der Waals surface area contributed by atoms with Crippen molar-refractivity contribution >= 4 is 0 Å². The van der Waals surface area contributed by atoms with Crippen molar-refractivity contribution in [2.75, 3.05) is 13.1 Å². The second-order valence-corrected chi connectivity index (χ2v) is 4.49. The summed E-state index contributed by atoms with van der Waals surface area (Å²) in [5.74, 6) is 0.598. The average Bonchev–Trinajstić information content (AvgIpc) is 2.24. The zero-order valence-corrected chi connectivity index (χ0v) is 9.22. The van der Waals surface area contributed by atoms with Crippen LogP contribution in [0.2, 0.25) is 0 Å². The van der Waals surface area contributed by atoms with Gasteiger partial charge in [0.15, 0.2) is 0 Å². The van der Waals surface area contributed by atoms with Gasteiger partial charge in [0, 0.05) is 0 Å². The van der Waals surface area contributed by atoms with Crippen molar-refractivity contribution in [3.63, 3.8) is 0 Å². The predicted molar refractivity (Wildman–Crippen MR) is 60.4 cm³/mol. The van der Waals surface area contributed by atoms with Gasteiger partial charge in [-0.1, -0.05) is 6.07 Å². The standard InChI is InChI=1S/C13H18FN/c1-10-7-13(14)5-4-12(10)8-11-3-2-6-15-9-11/h4-5,7,11,15H,2-3,6,8-9H2,1H3. The predicted octanol–water partition coefficient (Wildman–Crippen LogP) is 2.68. The summed E-state index contributed by atoms with van der Waals surface area (Å²) >= 11 is 0. The van der Waals surface area contributed by atoms with Gasteiger partial charge in [-0.3, -0.25) is 0 Å². The highest BCUT2D eigenvalue weighted by Gasteiger charge is 2.14. The van der Waals surface area contributed by atoms with Crippen LogP contribution in [0.15, 0.2) is 18.2 Å². The maximum Gasteiger partial charge on any atom is 0.123 e. The molecule has 0 bridgehead atoms. The molecule has 1 aromatic rings. The lowest BCUT2D eigenvalue weighted by molar-refractivity contribution is 0.375. The largest absolute Gasteiger partial charge is 0.316 e. The lowest BCUT2D eigenvalue weighted by atomic mass is 9.90. The van der Waals surface area contributed by atoms with Crippen molar-refractivity contribution in [1.29, 1.82) is 0 Å². The fraction of sp³-hybridized carbons (Fsp3) is 0.538. The van der Waals surface area contributed by atoms with Crippen LogP contribution in [0.1, 0.15) is 24.0 Å². The van der Waals surface area contributed by atoms with E-state index in [0.717, 1.165) is 31.0 Å². The number of hydrogen-bond acceptors (Lipinski definition) is 1. The quantitative estimate of drug-likeness (QED) is 0.786. The van der Waals surface area contributed by atoms with E-state index in [1.54, 1.807) is 12.1 Å². The normalized spacial score (nSPS) is 21.6. The Morgan fingerprint density at radius 2 is 2.33 bits per heavy atom. The Morgan fingerprint density at radius 3 is 3.00 bits per heavy atom. The van der Waals surface area contributed by atoms with Crippen LogP contribution >= 0.6 is 0 Å². The molecule has 0 aromatic heterocycles. The summed E-state index contributed by atoms with van der Waals surface area (Å²) < 4.78 is 12.9. The van der Waals surface area contributed by atoms with Crippen LogP contribution in [0.25, 0.3) is 0 Å². The number of piperidine rings is 1. The molecule has 2 rings (SSSR count). The Kier molecular flexibility index (Phi) is 3.37. The third-order valence-corrected chi connectivity index (χ3v) is 3.21. The van der Waals surface area contributed by atoms with E-state index in [9.17, 15) is 4.39 Å². The zero-order valence-electron chi connectivity index (χ0n) is 9.22. The Balaban J connectivity index is 2.03. The highest BCUT2D eigenvalue weighted by Crippen LogP contribution is 2.19. The Hall–Kier alpha value is -0.890. The molecule has 0 radical (unpaired) electrons. The molecule has 1 heterocycles. The summed E-state index contributed by atoms with van der Waals surface area (Å²) in [6, 6.07) is 5.13. The third-order valence-electron chi connectivity index (χ3n) is 3.21. The molecule has 2 heteroatoms. The van der Waals surface area contributed by atoms with Crippen molar-refractivity contribution < 1.29 is 4.39 Å².